The molecular formula is C20H27N3O2. The zero-order valence-corrected chi connectivity index (χ0v) is 15.2. The fraction of sp³-hybridized carbons (Fsp3) is 0.500. The Morgan fingerprint density at radius 3 is 2.44 bits per heavy atom. The van der Waals surface area contributed by atoms with E-state index in [-0.39, 0.29) is 11.8 Å². The van der Waals surface area contributed by atoms with E-state index in [9.17, 15) is 9.59 Å². The molecule has 0 unspecified atom stereocenters. The molecule has 1 aliphatic rings. The Labute approximate surface area is 149 Å². The van der Waals surface area contributed by atoms with E-state index in [0.29, 0.717) is 25.9 Å². The van der Waals surface area contributed by atoms with Crippen molar-refractivity contribution in [2.45, 2.75) is 39.5 Å². The largest absolute Gasteiger partial charge is 0.358 e. The molecule has 0 saturated carbocycles. The first-order valence-corrected chi connectivity index (χ1v) is 9.22. The minimum absolute atomic E-state index is 0.151. The fourth-order valence-corrected chi connectivity index (χ4v) is 3.61. The average molecular weight is 341 g/mol. The molecule has 2 amide bonds. The Balaban J connectivity index is 1.67. The molecule has 3 rings (SSSR count). The van der Waals surface area contributed by atoms with E-state index in [2.05, 4.69) is 11.1 Å². The average Bonchev–Trinajstić information content (AvgIpc) is 2.78. The van der Waals surface area contributed by atoms with Crippen molar-refractivity contribution in [2.24, 2.45) is 0 Å². The monoisotopic (exact) mass is 341 g/mol. The van der Waals surface area contributed by atoms with Crippen LogP contribution in [-0.2, 0) is 16.0 Å². The highest BCUT2D eigenvalue weighted by Gasteiger charge is 2.22. The quantitative estimate of drug-likeness (QED) is 0.930. The number of rotatable bonds is 4. The van der Waals surface area contributed by atoms with Gasteiger partial charge in [-0.3, -0.25) is 9.59 Å². The maximum Gasteiger partial charge on any atom is 0.227 e. The van der Waals surface area contributed by atoms with Crippen LogP contribution in [0.15, 0.2) is 24.3 Å². The van der Waals surface area contributed by atoms with Gasteiger partial charge in [-0.05, 0) is 31.4 Å². The summed E-state index contributed by atoms with van der Waals surface area (Å²) in [5.41, 5.74) is 3.22. The molecule has 0 radical (unpaired) electrons. The lowest BCUT2D eigenvalue weighted by Crippen LogP contribution is -2.37. The number of carbonyl (C=O) groups excluding carboxylic acids is 2. The van der Waals surface area contributed by atoms with Gasteiger partial charge in [0.25, 0.3) is 0 Å². The van der Waals surface area contributed by atoms with E-state index in [0.717, 1.165) is 48.1 Å². The Bertz CT molecular complexity index is 765. The number of carbonyl (C=O) groups is 2. The second-order valence-corrected chi connectivity index (χ2v) is 6.82. The van der Waals surface area contributed by atoms with Crippen LogP contribution >= 0.6 is 0 Å². The van der Waals surface area contributed by atoms with Crippen LogP contribution in [-0.4, -0.2) is 52.8 Å². The fourth-order valence-electron chi connectivity index (χ4n) is 3.61. The Kier molecular flexibility index (Phi) is 5.41. The highest BCUT2D eigenvalue weighted by atomic mass is 16.2. The smallest absolute Gasteiger partial charge is 0.227 e. The lowest BCUT2D eigenvalue weighted by molar-refractivity contribution is -0.133. The molecule has 1 N–H and O–H groups in total. The van der Waals surface area contributed by atoms with E-state index >= 15 is 0 Å². The molecule has 2 heterocycles. The van der Waals surface area contributed by atoms with Crippen LogP contribution in [0.4, 0.5) is 0 Å². The number of para-hydroxylation sites is 1. The molecule has 5 heteroatoms. The summed E-state index contributed by atoms with van der Waals surface area (Å²) in [6.07, 6.45) is 2.74. The summed E-state index contributed by atoms with van der Waals surface area (Å²) in [5.74, 6) is 0.363. The first kappa shape index (κ1) is 17.5. The van der Waals surface area contributed by atoms with Gasteiger partial charge in [-0.15, -0.1) is 0 Å². The Hall–Kier alpha value is -2.30. The molecule has 2 aromatic rings. The molecule has 1 fully saturated rings. The number of fused-ring (bicyclic) bond motifs is 1. The third kappa shape index (κ3) is 3.86. The van der Waals surface area contributed by atoms with E-state index in [1.165, 1.54) is 0 Å². The third-order valence-electron chi connectivity index (χ3n) is 5.02. The topological polar surface area (TPSA) is 56.4 Å². The van der Waals surface area contributed by atoms with Crippen molar-refractivity contribution in [2.75, 3.05) is 26.2 Å². The molecule has 1 saturated heterocycles. The lowest BCUT2D eigenvalue weighted by atomic mass is 10.1. The van der Waals surface area contributed by atoms with Crippen LogP contribution in [0.1, 0.15) is 37.4 Å². The highest BCUT2D eigenvalue weighted by molar-refractivity contribution is 5.90. The summed E-state index contributed by atoms with van der Waals surface area (Å²) in [4.78, 5) is 32.1. The normalized spacial score (nSPS) is 15.4. The van der Waals surface area contributed by atoms with E-state index in [4.69, 9.17) is 0 Å². The number of aryl methyl sites for hydroxylation is 1. The number of hydrogen-bond donors (Lipinski definition) is 1. The Morgan fingerprint density at radius 1 is 1.04 bits per heavy atom. The van der Waals surface area contributed by atoms with Crippen LogP contribution < -0.4 is 0 Å². The predicted octanol–water partition coefficient (Wildman–Crippen LogP) is 2.88. The molecule has 1 aliphatic heterocycles. The SMILES string of the molecule is CCCC(=O)N1CCCN(C(=O)Cc2c(C)[nH]c3ccccc23)CC1. The maximum atomic E-state index is 12.8. The van der Waals surface area contributed by atoms with E-state index < -0.39 is 0 Å². The molecule has 1 aromatic carbocycles. The van der Waals surface area contributed by atoms with Crippen molar-refractivity contribution in [1.29, 1.82) is 0 Å². The first-order chi connectivity index (χ1) is 12.1. The van der Waals surface area contributed by atoms with Gasteiger partial charge in [0.1, 0.15) is 0 Å². The number of hydrogen-bond acceptors (Lipinski definition) is 2. The van der Waals surface area contributed by atoms with Gasteiger partial charge in [0.2, 0.25) is 11.8 Å². The number of benzene rings is 1. The van der Waals surface area contributed by atoms with Gasteiger partial charge in [-0.2, -0.15) is 0 Å². The molecule has 0 bridgehead atoms. The van der Waals surface area contributed by atoms with E-state index in [1.54, 1.807) is 0 Å². The number of aromatic nitrogens is 1. The third-order valence-corrected chi connectivity index (χ3v) is 5.02. The summed E-state index contributed by atoms with van der Waals surface area (Å²) in [6.45, 7) is 6.82. The van der Waals surface area contributed by atoms with Gasteiger partial charge < -0.3 is 14.8 Å². The minimum Gasteiger partial charge on any atom is -0.358 e. The van der Waals surface area contributed by atoms with Gasteiger partial charge in [-0.1, -0.05) is 25.1 Å². The second-order valence-electron chi connectivity index (χ2n) is 6.82. The molecule has 5 nitrogen and oxygen atoms in total. The lowest BCUT2D eigenvalue weighted by Gasteiger charge is -2.22. The highest BCUT2D eigenvalue weighted by Crippen LogP contribution is 2.23. The standard InChI is InChI=1S/C20H27N3O2/c1-3-7-19(24)22-10-6-11-23(13-12-22)20(25)14-17-15(2)21-18-9-5-4-8-16(17)18/h4-5,8-9,21H,3,6-7,10-14H2,1-2H3. The van der Waals surface area contributed by atoms with Crippen LogP contribution in [0.3, 0.4) is 0 Å². The molecule has 25 heavy (non-hydrogen) atoms. The molecular weight excluding hydrogens is 314 g/mol. The predicted molar refractivity (Wildman–Crippen MR) is 99.4 cm³/mol. The van der Waals surface area contributed by atoms with Crippen molar-refractivity contribution in [3.05, 3.63) is 35.5 Å². The number of nitrogens with one attached hydrogen (secondary N) is 1. The first-order valence-electron chi connectivity index (χ1n) is 9.22. The molecule has 134 valence electrons. The van der Waals surface area contributed by atoms with Crippen molar-refractivity contribution >= 4 is 22.7 Å². The number of aromatic amines is 1. The Morgan fingerprint density at radius 2 is 1.72 bits per heavy atom. The van der Waals surface area contributed by atoms with Crippen molar-refractivity contribution < 1.29 is 9.59 Å². The van der Waals surface area contributed by atoms with Gasteiger partial charge in [-0.25, -0.2) is 0 Å². The summed E-state index contributed by atoms with van der Waals surface area (Å²) < 4.78 is 0. The van der Waals surface area contributed by atoms with Crippen molar-refractivity contribution in [3.63, 3.8) is 0 Å². The van der Waals surface area contributed by atoms with Crippen molar-refractivity contribution in [1.82, 2.24) is 14.8 Å². The molecule has 0 aliphatic carbocycles. The minimum atomic E-state index is 0.151. The van der Waals surface area contributed by atoms with Crippen LogP contribution in [0.25, 0.3) is 10.9 Å². The van der Waals surface area contributed by atoms with Gasteiger partial charge in [0.05, 0.1) is 6.42 Å². The maximum absolute atomic E-state index is 12.8. The number of H-pyrrole nitrogens is 1. The van der Waals surface area contributed by atoms with Crippen LogP contribution in [0.5, 0.6) is 0 Å². The van der Waals surface area contributed by atoms with Crippen LogP contribution in [0.2, 0.25) is 0 Å². The second kappa shape index (κ2) is 7.72. The number of amides is 2. The molecule has 1 aromatic heterocycles. The zero-order chi connectivity index (χ0) is 17.8. The summed E-state index contributed by atoms with van der Waals surface area (Å²) in [6, 6.07) is 8.11. The molecule has 0 spiro atoms. The van der Waals surface area contributed by atoms with Gasteiger partial charge in [0, 0.05) is 49.2 Å². The summed E-state index contributed by atoms with van der Waals surface area (Å²) in [5, 5.41) is 1.13. The number of nitrogens with zero attached hydrogens (tertiary/aromatic N) is 2. The summed E-state index contributed by atoms with van der Waals surface area (Å²) in [7, 11) is 0. The zero-order valence-electron chi connectivity index (χ0n) is 15.2. The summed E-state index contributed by atoms with van der Waals surface area (Å²) >= 11 is 0. The van der Waals surface area contributed by atoms with Gasteiger partial charge >= 0.3 is 0 Å². The van der Waals surface area contributed by atoms with E-state index in [1.807, 2.05) is 41.8 Å². The van der Waals surface area contributed by atoms with Gasteiger partial charge in [0.15, 0.2) is 0 Å². The van der Waals surface area contributed by atoms with Crippen molar-refractivity contribution in [3.8, 4) is 0 Å². The van der Waals surface area contributed by atoms with Crippen LogP contribution in [0, 0.1) is 6.92 Å². The molecule has 0 atom stereocenters.